The van der Waals surface area contributed by atoms with Crippen molar-refractivity contribution in [2.45, 2.75) is 37.1 Å². The number of hydrogen-bond donors (Lipinski definition) is 6. The van der Waals surface area contributed by atoms with Crippen molar-refractivity contribution < 1.29 is 30.0 Å². The minimum atomic E-state index is -1.41. The van der Waals surface area contributed by atoms with E-state index >= 15 is 0 Å². The van der Waals surface area contributed by atoms with Gasteiger partial charge in [-0.2, -0.15) is 0 Å². The number of aliphatic hydroxyl groups excluding tert-OH is 4. The Labute approximate surface area is 161 Å². The van der Waals surface area contributed by atoms with Gasteiger partial charge in [0.15, 0.2) is 12.1 Å². The Kier molecular flexibility index (Phi) is 5.05. The quantitative estimate of drug-likeness (QED) is 0.432. The normalized spacial score (nSPS) is 29.9. The summed E-state index contributed by atoms with van der Waals surface area (Å²) in [7, 11) is 0. The smallest absolute Gasteiger partial charge is 0.178 e. The van der Waals surface area contributed by atoms with E-state index in [1.54, 1.807) is 18.3 Å². The Morgan fingerprint density at radius 3 is 2.71 bits per heavy atom. The Bertz CT molecular complexity index is 894. The van der Waals surface area contributed by atoms with E-state index in [1.807, 2.05) is 24.3 Å². The molecule has 1 aliphatic heterocycles. The molecule has 1 saturated heterocycles. The van der Waals surface area contributed by atoms with Crippen LogP contribution in [-0.2, 0) is 16.0 Å². The first-order chi connectivity index (χ1) is 13.5. The van der Waals surface area contributed by atoms with Crippen molar-refractivity contribution in [3.8, 4) is 0 Å². The van der Waals surface area contributed by atoms with Crippen LogP contribution in [0.5, 0.6) is 0 Å². The molecule has 0 radical (unpaired) electrons. The molecule has 1 aliphatic carbocycles. The largest absolute Gasteiger partial charge is 0.394 e. The molecule has 2 aliphatic rings. The minimum Gasteiger partial charge on any atom is -0.394 e. The first-order valence-corrected chi connectivity index (χ1v) is 9.06. The van der Waals surface area contributed by atoms with Gasteiger partial charge in [-0.3, -0.25) is 4.79 Å². The van der Waals surface area contributed by atoms with E-state index < -0.39 is 37.3 Å². The number of Topliss-reactive ketones (excluding diaryl/α,β-unsaturated/α-hetero) is 1. The number of aromatic amines is 1. The number of anilines is 1. The SMILES string of the molecule is O=C1Cc2cc(NC3C(O)OC(CO)[C@@H](O)[C@@H]3O)ccc2C=C1c1ccc[nH]1. The molecule has 1 fully saturated rings. The van der Waals surface area contributed by atoms with Crippen LogP contribution in [0.1, 0.15) is 16.8 Å². The predicted octanol–water partition coefficient (Wildman–Crippen LogP) is -0.108. The molecule has 4 rings (SSSR count). The lowest BCUT2D eigenvalue weighted by Crippen LogP contribution is -2.61. The summed E-state index contributed by atoms with van der Waals surface area (Å²) in [6.45, 7) is -0.515. The van der Waals surface area contributed by atoms with E-state index in [2.05, 4.69) is 10.3 Å². The van der Waals surface area contributed by atoms with Crippen LogP contribution in [0, 0.1) is 0 Å². The number of aliphatic hydroxyl groups is 4. The van der Waals surface area contributed by atoms with Crippen LogP contribution in [0.25, 0.3) is 11.6 Å². The Morgan fingerprint density at radius 2 is 2.00 bits per heavy atom. The Hall–Kier alpha value is -2.49. The number of nitrogens with one attached hydrogen (secondary N) is 2. The standard InChI is InChI=1S/C20H22N2O6/c23-9-16-18(25)19(26)17(20(27)28-16)22-12-4-3-10-7-13(14-2-1-5-21-14)15(24)8-11(10)6-12/h1-7,16-23,25-27H,8-9H2/t16?,17?,18-,19-,20?/m1/s1. The molecule has 2 heterocycles. The van der Waals surface area contributed by atoms with E-state index in [1.165, 1.54) is 0 Å². The maximum absolute atomic E-state index is 12.5. The number of hydrogen-bond acceptors (Lipinski definition) is 7. The lowest BCUT2D eigenvalue weighted by atomic mass is 9.89. The van der Waals surface area contributed by atoms with Gasteiger partial charge in [-0.1, -0.05) is 6.07 Å². The molecule has 28 heavy (non-hydrogen) atoms. The van der Waals surface area contributed by atoms with Crippen molar-refractivity contribution in [3.05, 3.63) is 53.3 Å². The maximum Gasteiger partial charge on any atom is 0.178 e. The molecule has 1 aromatic carbocycles. The second kappa shape index (κ2) is 7.50. The number of rotatable bonds is 4. The first-order valence-electron chi connectivity index (χ1n) is 9.06. The highest BCUT2D eigenvalue weighted by atomic mass is 16.6. The Balaban J connectivity index is 1.56. The van der Waals surface area contributed by atoms with Crippen molar-refractivity contribution in [2.75, 3.05) is 11.9 Å². The summed E-state index contributed by atoms with van der Waals surface area (Å²) in [6, 6.07) is 8.09. The van der Waals surface area contributed by atoms with Crippen LogP contribution in [0.15, 0.2) is 36.5 Å². The van der Waals surface area contributed by atoms with Crippen molar-refractivity contribution in [3.63, 3.8) is 0 Å². The van der Waals surface area contributed by atoms with Gasteiger partial charge in [0.25, 0.3) is 0 Å². The highest BCUT2D eigenvalue weighted by Gasteiger charge is 2.43. The molecular weight excluding hydrogens is 364 g/mol. The molecule has 8 heteroatoms. The first kappa shape index (κ1) is 18.9. The molecule has 2 aromatic rings. The third kappa shape index (κ3) is 3.36. The van der Waals surface area contributed by atoms with Gasteiger partial charge in [0.2, 0.25) is 0 Å². The van der Waals surface area contributed by atoms with E-state index in [-0.39, 0.29) is 12.2 Å². The molecule has 8 nitrogen and oxygen atoms in total. The van der Waals surface area contributed by atoms with Gasteiger partial charge in [-0.15, -0.1) is 0 Å². The number of fused-ring (bicyclic) bond motifs is 1. The molecule has 3 unspecified atom stereocenters. The molecule has 5 atom stereocenters. The summed E-state index contributed by atoms with van der Waals surface area (Å²) in [5, 5.41) is 42.5. The van der Waals surface area contributed by atoms with Crippen LogP contribution in [0.3, 0.4) is 0 Å². The lowest BCUT2D eigenvalue weighted by Gasteiger charge is -2.40. The fourth-order valence-electron chi connectivity index (χ4n) is 3.66. The van der Waals surface area contributed by atoms with E-state index in [0.29, 0.717) is 11.3 Å². The summed E-state index contributed by atoms with van der Waals surface area (Å²) < 4.78 is 5.15. The zero-order valence-electron chi connectivity index (χ0n) is 14.9. The molecule has 0 saturated carbocycles. The van der Waals surface area contributed by atoms with E-state index in [0.717, 1.165) is 16.8 Å². The van der Waals surface area contributed by atoms with Gasteiger partial charge >= 0.3 is 0 Å². The highest BCUT2D eigenvalue weighted by molar-refractivity contribution is 6.27. The van der Waals surface area contributed by atoms with Crippen molar-refractivity contribution in [1.82, 2.24) is 4.98 Å². The molecule has 1 aromatic heterocycles. The monoisotopic (exact) mass is 386 g/mol. The third-order valence-corrected chi connectivity index (χ3v) is 5.22. The van der Waals surface area contributed by atoms with Gasteiger partial charge in [0, 0.05) is 29.6 Å². The lowest BCUT2D eigenvalue weighted by molar-refractivity contribution is -0.245. The number of ether oxygens (including phenoxy) is 1. The molecule has 0 amide bonds. The molecule has 148 valence electrons. The summed E-state index contributed by atoms with van der Waals surface area (Å²) in [4.78, 5) is 15.6. The van der Waals surface area contributed by atoms with Gasteiger partial charge in [-0.25, -0.2) is 0 Å². The van der Waals surface area contributed by atoms with Gasteiger partial charge in [0.1, 0.15) is 24.4 Å². The molecule has 6 N–H and O–H groups in total. The van der Waals surface area contributed by atoms with Crippen molar-refractivity contribution >= 4 is 23.1 Å². The number of allylic oxidation sites excluding steroid dienone is 1. The number of aromatic nitrogens is 1. The predicted molar refractivity (Wildman–Crippen MR) is 101 cm³/mol. The van der Waals surface area contributed by atoms with E-state index in [9.17, 15) is 20.1 Å². The van der Waals surface area contributed by atoms with Crippen LogP contribution >= 0.6 is 0 Å². The Morgan fingerprint density at radius 1 is 1.18 bits per heavy atom. The third-order valence-electron chi connectivity index (χ3n) is 5.22. The van der Waals surface area contributed by atoms with Gasteiger partial charge in [0.05, 0.1) is 6.61 Å². The number of ketones is 1. The molecular formula is C20H22N2O6. The number of benzene rings is 1. The van der Waals surface area contributed by atoms with Crippen molar-refractivity contribution in [2.24, 2.45) is 0 Å². The topological polar surface area (TPSA) is 135 Å². The van der Waals surface area contributed by atoms with Crippen LogP contribution in [-0.4, -0.2) is 68.4 Å². The summed E-state index contributed by atoms with van der Waals surface area (Å²) in [6.07, 6.45) is -1.30. The summed E-state index contributed by atoms with van der Waals surface area (Å²) >= 11 is 0. The van der Waals surface area contributed by atoms with Crippen LogP contribution in [0.4, 0.5) is 5.69 Å². The molecule has 0 bridgehead atoms. The maximum atomic E-state index is 12.5. The van der Waals surface area contributed by atoms with Crippen LogP contribution in [0.2, 0.25) is 0 Å². The van der Waals surface area contributed by atoms with Gasteiger partial charge < -0.3 is 35.5 Å². The molecule has 0 spiro atoms. The van der Waals surface area contributed by atoms with Crippen LogP contribution < -0.4 is 5.32 Å². The second-order valence-corrected chi connectivity index (χ2v) is 7.05. The summed E-state index contributed by atoms with van der Waals surface area (Å²) in [5.74, 6) is -0.00520. The van der Waals surface area contributed by atoms with Gasteiger partial charge in [-0.05, 0) is 41.5 Å². The average Bonchev–Trinajstić information content (AvgIpc) is 3.22. The fourth-order valence-corrected chi connectivity index (χ4v) is 3.66. The summed E-state index contributed by atoms with van der Waals surface area (Å²) in [5.41, 5.74) is 3.71. The number of carbonyl (C=O) groups excluding carboxylic acids is 1. The zero-order chi connectivity index (χ0) is 19.8. The van der Waals surface area contributed by atoms with E-state index in [4.69, 9.17) is 9.84 Å². The average molecular weight is 386 g/mol. The number of H-pyrrole nitrogens is 1. The zero-order valence-corrected chi connectivity index (χ0v) is 14.9. The fraction of sp³-hybridized carbons (Fsp3) is 0.350. The minimum absolute atomic E-state index is 0.00520. The van der Waals surface area contributed by atoms with Crippen molar-refractivity contribution in [1.29, 1.82) is 0 Å². The highest BCUT2D eigenvalue weighted by Crippen LogP contribution is 2.30. The number of carbonyl (C=O) groups is 1. The second-order valence-electron chi connectivity index (χ2n) is 7.05.